The molecule has 0 amide bonds. The molecular weight excluding hydrogens is 250 g/mol. The van der Waals surface area contributed by atoms with E-state index in [9.17, 15) is 0 Å². The average Bonchev–Trinajstić information content (AvgIpc) is 2.72. The Labute approximate surface area is 113 Å². The lowest BCUT2D eigenvalue weighted by Crippen LogP contribution is -2.26. The van der Waals surface area contributed by atoms with Crippen LogP contribution >= 0.6 is 11.6 Å². The summed E-state index contributed by atoms with van der Waals surface area (Å²) in [6, 6.07) is 0.628. The first-order chi connectivity index (χ1) is 8.58. The molecule has 0 saturated carbocycles. The first kappa shape index (κ1) is 13.6. The largest absolute Gasteiger partial charge is 0.475 e. The van der Waals surface area contributed by atoms with Crippen molar-refractivity contribution in [2.75, 3.05) is 20.2 Å². The molecule has 0 bridgehead atoms. The molecule has 4 nitrogen and oxygen atoms in total. The Kier molecular flexibility index (Phi) is 4.40. The molecule has 1 fully saturated rings. The van der Waals surface area contributed by atoms with E-state index in [2.05, 4.69) is 21.9 Å². The van der Waals surface area contributed by atoms with E-state index >= 15 is 0 Å². The molecule has 0 N–H and O–H groups in total. The maximum Gasteiger partial charge on any atom is 0.252 e. The predicted molar refractivity (Wildman–Crippen MR) is 72.3 cm³/mol. The molecule has 1 unspecified atom stereocenters. The van der Waals surface area contributed by atoms with Gasteiger partial charge in [0.2, 0.25) is 0 Å². The van der Waals surface area contributed by atoms with Crippen LogP contribution in [0.3, 0.4) is 0 Å². The van der Waals surface area contributed by atoms with E-state index in [1.807, 2.05) is 13.8 Å². The highest BCUT2D eigenvalue weighted by Gasteiger charge is 2.20. The van der Waals surface area contributed by atoms with E-state index in [0.717, 1.165) is 17.8 Å². The Morgan fingerprint density at radius 1 is 1.33 bits per heavy atom. The summed E-state index contributed by atoms with van der Waals surface area (Å²) in [7, 11) is 2.17. The van der Waals surface area contributed by atoms with Gasteiger partial charge in [0.05, 0.1) is 18.0 Å². The third-order valence-corrected chi connectivity index (χ3v) is 3.84. The van der Waals surface area contributed by atoms with E-state index in [-0.39, 0.29) is 0 Å². The number of aromatic nitrogens is 2. The second kappa shape index (κ2) is 5.85. The SMILES string of the molecule is Cc1nc(Cl)c(OCCC2CCCN2C)nc1C. The smallest absolute Gasteiger partial charge is 0.252 e. The second-order valence-corrected chi connectivity index (χ2v) is 5.26. The monoisotopic (exact) mass is 269 g/mol. The molecule has 1 aromatic rings. The first-order valence-electron chi connectivity index (χ1n) is 6.41. The van der Waals surface area contributed by atoms with Gasteiger partial charge in [-0.05, 0) is 46.7 Å². The maximum absolute atomic E-state index is 6.02. The molecule has 5 heteroatoms. The zero-order chi connectivity index (χ0) is 13.1. The van der Waals surface area contributed by atoms with Gasteiger partial charge in [-0.15, -0.1) is 0 Å². The number of ether oxygens (including phenoxy) is 1. The quantitative estimate of drug-likeness (QED) is 0.842. The highest BCUT2D eigenvalue weighted by atomic mass is 35.5. The van der Waals surface area contributed by atoms with E-state index < -0.39 is 0 Å². The van der Waals surface area contributed by atoms with Gasteiger partial charge in [0, 0.05) is 6.04 Å². The van der Waals surface area contributed by atoms with Gasteiger partial charge in [-0.1, -0.05) is 11.6 Å². The van der Waals surface area contributed by atoms with Crippen molar-refractivity contribution in [2.45, 2.75) is 39.2 Å². The van der Waals surface area contributed by atoms with Crippen LogP contribution in [0.15, 0.2) is 0 Å². The van der Waals surface area contributed by atoms with Gasteiger partial charge in [0.15, 0.2) is 5.15 Å². The lowest BCUT2D eigenvalue weighted by Gasteiger charge is -2.19. The summed E-state index contributed by atoms with van der Waals surface area (Å²) in [5.74, 6) is 0.459. The lowest BCUT2D eigenvalue weighted by molar-refractivity contribution is 0.228. The topological polar surface area (TPSA) is 38.2 Å². The molecule has 0 radical (unpaired) electrons. The summed E-state index contributed by atoms with van der Waals surface area (Å²) >= 11 is 6.02. The normalized spacial score (nSPS) is 20.3. The minimum Gasteiger partial charge on any atom is -0.475 e. The molecule has 0 spiro atoms. The van der Waals surface area contributed by atoms with Crippen molar-refractivity contribution in [1.29, 1.82) is 0 Å². The van der Waals surface area contributed by atoms with Crippen molar-refractivity contribution in [2.24, 2.45) is 0 Å². The van der Waals surface area contributed by atoms with Gasteiger partial charge in [-0.25, -0.2) is 9.97 Å². The second-order valence-electron chi connectivity index (χ2n) is 4.90. The Morgan fingerprint density at radius 3 is 2.72 bits per heavy atom. The fourth-order valence-corrected chi connectivity index (χ4v) is 2.51. The number of rotatable bonds is 4. The summed E-state index contributed by atoms with van der Waals surface area (Å²) in [4.78, 5) is 10.9. The van der Waals surface area contributed by atoms with Crippen LogP contribution in [-0.2, 0) is 0 Å². The van der Waals surface area contributed by atoms with E-state index in [1.54, 1.807) is 0 Å². The highest BCUT2D eigenvalue weighted by molar-refractivity contribution is 6.30. The van der Waals surface area contributed by atoms with Gasteiger partial charge in [-0.2, -0.15) is 0 Å². The predicted octanol–water partition coefficient (Wildman–Crippen LogP) is 2.61. The third kappa shape index (κ3) is 3.12. The van der Waals surface area contributed by atoms with Crippen molar-refractivity contribution >= 4 is 11.6 Å². The Balaban J connectivity index is 1.88. The zero-order valence-electron chi connectivity index (χ0n) is 11.2. The van der Waals surface area contributed by atoms with Gasteiger partial charge >= 0.3 is 0 Å². The lowest BCUT2D eigenvalue weighted by atomic mass is 10.1. The molecular formula is C13H20ClN3O. The summed E-state index contributed by atoms with van der Waals surface area (Å²) in [6.45, 7) is 5.64. The molecule has 1 aliphatic rings. The molecule has 0 aromatic carbocycles. The summed E-state index contributed by atoms with van der Waals surface area (Å²) < 4.78 is 5.65. The van der Waals surface area contributed by atoms with Gasteiger partial charge in [0.1, 0.15) is 0 Å². The van der Waals surface area contributed by atoms with Gasteiger partial charge in [-0.3, -0.25) is 0 Å². The van der Waals surface area contributed by atoms with Gasteiger partial charge in [0.25, 0.3) is 5.88 Å². The number of nitrogens with zero attached hydrogens (tertiary/aromatic N) is 3. The number of aryl methyl sites for hydroxylation is 2. The number of likely N-dealkylation sites (tertiary alicyclic amines) is 1. The minimum atomic E-state index is 0.359. The van der Waals surface area contributed by atoms with Crippen molar-refractivity contribution < 1.29 is 4.74 Å². The fraction of sp³-hybridized carbons (Fsp3) is 0.692. The standard InChI is InChI=1S/C13H20ClN3O/c1-9-10(2)16-13(12(14)15-9)18-8-6-11-5-4-7-17(11)3/h11H,4-8H2,1-3H3. The van der Waals surface area contributed by atoms with Crippen LogP contribution in [0.1, 0.15) is 30.7 Å². The summed E-state index contributed by atoms with van der Waals surface area (Å²) in [5.41, 5.74) is 1.72. The Morgan fingerprint density at radius 2 is 2.06 bits per heavy atom. The van der Waals surface area contributed by atoms with Crippen molar-refractivity contribution in [3.8, 4) is 5.88 Å². The molecule has 2 rings (SSSR count). The molecule has 100 valence electrons. The van der Waals surface area contributed by atoms with Gasteiger partial charge < -0.3 is 9.64 Å². The minimum absolute atomic E-state index is 0.359. The Hall–Kier alpha value is -0.870. The molecule has 1 aliphatic heterocycles. The van der Waals surface area contributed by atoms with Crippen LogP contribution in [0.25, 0.3) is 0 Å². The summed E-state index contributed by atoms with van der Waals surface area (Å²) in [6.07, 6.45) is 3.55. The summed E-state index contributed by atoms with van der Waals surface area (Å²) in [5, 5.41) is 0.359. The molecule has 18 heavy (non-hydrogen) atoms. The maximum atomic E-state index is 6.02. The van der Waals surface area contributed by atoms with Crippen molar-refractivity contribution in [3.63, 3.8) is 0 Å². The average molecular weight is 270 g/mol. The van der Waals surface area contributed by atoms with Crippen molar-refractivity contribution in [3.05, 3.63) is 16.5 Å². The van der Waals surface area contributed by atoms with Crippen LogP contribution in [0.5, 0.6) is 5.88 Å². The first-order valence-corrected chi connectivity index (χ1v) is 6.79. The van der Waals surface area contributed by atoms with Crippen molar-refractivity contribution in [1.82, 2.24) is 14.9 Å². The van der Waals surface area contributed by atoms with E-state index in [1.165, 1.54) is 19.4 Å². The van der Waals surface area contributed by atoms with Crippen LogP contribution in [0.2, 0.25) is 5.15 Å². The molecule has 1 aromatic heterocycles. The molecule has 2 heterocycles. The zero-order valence-corrected chi connectivity index (χ0v) is 12.0. The Bertz CT molecular complexity index is 425. The molecule has 0 aliphatic carbocycles. The number of halogens is 1. The molecule has 1 saturated heterocycles. The highest BCUT2D eigenvalue weighted by Crippen LogP contribution is 2.22. The van der Waals surface area contributed by atoms with Crippen LogP contribution in [-0.4, -0.2) is 41.1 Å². The molecule has 1 atom stereocenters. The van der Waals surface area contributed by atoms with Crippen LogP contribution in [0, 0.1) is 13.8 Å². The fourth-order valence-electron chi connectivity index (χ4n) is 2.28. The third-order valence-electron chi connectivity index (χ3n) is 3.60. The number of hydrogen-bond acceptors (Lipinski definition) is 4. The van der Waals surface area contributed by atoms with E-state index in [4.69, 9.17) is 16.3 Å². The van der Waals surface area contributed by atoms with Crippen LogP contribution in [0.4, 0.5) is 0 Å². The number of hydrogen-bond donors (Lipinski definition) is 0. The van der Waals surface area contributed by atoms with Crippen LogP contribution < -0.4 is 4.74 Å². The van der Waals surface area contributed by atoms with E-state index in [0.29, 0.717) is 23.7 Å².